The van der Waals surface area contributed by atoms with E-state index in [1.807, 2.05) is 12.1 Å². The van der Waals surface area contributed by atoms with Gasteiger partial charge in [-0.15, -0.1) is 0 Å². The van der Waals surface area contributed by atoms with E-state index < -0.39 is 0 Å². The molecule has 2 heterocycles. The number of pyridine rings is 1. The molecule has 0 spiro atoms. The third-order valence-electron chi connectivity index (χ3n) is 4.37. The maximum atomic E-state index is 5.91. The second-order valence-corrected chi connectivity index (χ2v) is 5.77. The van der Waals surface area contributed by atoms with Gasteiger partial charge in [0, 0.05) is 13.1 Å². The number of anilines is 2. The van der Waals surface area contributed by atoms with Crippen LogP contribution in [0, 0.1) is 11.8 Å². The topological polar surface area (TPSA) is 51.4 Å². The lowest BCUT2D eigenvalue weighted by Gasteiger charge is -2.19. The fraction of sp³-hybridized carbons (Fsp3) is 0.667. The Morgan fingerprint density at radius 3 is 2.74 bits per heavy atom. The quantitative estimate of drug-likeness (QED) is 0.905. The Bertz CT molecular complexity index is 437. The number of nitrogens with zero attached hydrogens (tertiary/aromatic N) is 2. The molecule has 0 aromatic carbocycles. The zero-order valence-electron chi connectivity index (χ0n) is 11.6. The number of fused-ring (bicyclic) bond motifs is 1. The summed E-state index contributed by atoms with van der Waals surface area (Å²) in [5.41, 5.74) is 6.55. The van der Waals surface area contributed by atoms with Crippen LogP contribution in [0.2, 0.25) is 0 Å². The third kappa shape index (κ3) is 2.48. The highest BCUT2D eigenvalue weighted by molar-refractivity contribution is 5.55. The summed E-state index contributed by atoms with van der Waals surface area (Å²) in [5.74, 6) is 3.37. The number of hydrogen-bond acceptors (Lipinski definition) is 4. The highest BCUT2D eigenvalue weighted by Gasteiger charge is 2.36. The molecule has 0 amide bonds. The molecule has 19 heavy (non-hydrogen) atoms. The number of nitrogen functional groups attached to an aromatic ring is 1. The summed E-state index contributed by atoms with van der Waals surface area (Å²) < 4.78 is 5.62. The van der Waals surface area contributed by atoms with Crippen molar-refractivity contribution in [3.63, 3.8) is 0 Å². The van der Waals surface area contributed by atoms with Gasteiger partial charge in [-0.1, -0.05) is 13.3 Å². The van der Waals surface area contributed by atoms with E-state index in [0.717, 1.165) is 37.2 Å². The summed E-state index contributed by atoms with van der Waals surface area (Å²) in [6, 6.07) is 3.94. The van der Waals surface area contributed by atoms with Crippen LogP contribution in [0.25, 0.3) is 0 Å². The van der Waals surface area contributed by atoms with E-state index in [1.165, 1.54) is 19.3 Å². The minimum absolute atomic E-state index is 0.594. The van der Waals surface area contributed by atoms with E-state index in [1.54, 1.807) is 0 Å². The zero-order valence-corrected chi connectivity index (χ0v) is 11.6. The van der Waals surface area contributed by atoms with Crippen molar-refractivity contribution in [2.24, 2.45) is 11.8 Å². The number of ether oxygens (including phenoxy) is 1. The smallest absolute Gasteiger partial charge is 0.239 e. The summed E-state index contributed by atoms with van der Waals surface area (Å²) >= 11 is 0. The van der Waals surface area contributed by atoms with E-state index in [2.05, 4.69) is 16.8 Å². The number of nitrogens with two attached hydrogens (primary N) is 1. The minimum atomic E-state index is 0.594. The molecular weight excluding hydrogens is 238 g/mol. The van der Waals surface area contributed by atoms with Crippen LogP contribution in [0.15, 0.2) is 12.1 Å². The molecule has 0 bridgehead atoms. The summed E-state index contributed by atoms with van der Waals surface area (Å²) in [7, 11) is 0. The molecule has 2 N–H and O–H groups in total. The lowest BCUT2D eigenvalue weighted by Crippen LogP contribution is -2.22. The molecule has 1 aromatic heterocycles. The molecule has 2 fully saturated rings. The molecule has 4 nitrogen and oxygen atoms in total. The van der Waals surface area contributed by atoms with Gasteiger partial charge in [-0.2, -0.15) is 4.98 Å². The maximum absolute atomic E-state index is 5.91. The van der Waals surface area contributed by atoms with Gasteiger partial charge in [0.05, 0.1) is 12.3 Å². The predicted molar refractivity (Wildman–Crippen MR) is 77.5 cm³/mol. The molecule has 1 aliphatic carbocycles. The molecule has 3 rings (SSSR count). The van der Waals surface area contributed by atoms with Gasteiger partial charge >= 0.3 is 0 Å². The van der Waals surface area contributed by atoms with E-state index in [0.29, 0.717) is 18.2 Å². The molecule has 2 unspecified atom stereocenters. The van der Waals surface area contributed by atoms with Crippen LogP contribution in [0.4, 0.5) is 11.5 Å². The van der Waals surface area contributed by atoms with Gasteiger partial charge in [-0.25, -0.2) is 0 Å². The summed E-state index contributed by atoms with van der Waals surface area (Å²) in [6.07, 6.45) is 5.15. The number of aromatic nitrogens is 1. The molecule has 2 aliphatic rings. The Morgan fingerprint density at radius 1 is 1.32 bits per heavy atom. The van der Waals surface area contributed by atoms with Gasteiger partial charge in [-0.3, -0.25) is 0 Å². The van der Waals surface area contributed by atoms with Crippen LogP contribution in [0.3, 0.4) is 0 Å². The van der Waals surface area contributed by atoms with Crippen LogP contribution in [-0.4, -0.2) is 24.7 Å². The first-order valence-electron chi connectivity index (χ1n) is 7.42. The van der Waals surface area contributed by atoms with Crippen molar-refractivity contribution in [2.45, 2.75) is 32.6 Å². The SMILES string of the molecule is CCCOc1nc(N2CC3CCCC3C2)ccc1N. The van der Waals surface area contributed by atoms with E-state index in [-0.39, 0.29) is 0 Å². The minimum Gasteiger partial charge on any atom is -0.476 e. The van der Waals surface area contributed by atoms with Crippen LogP contribution in [-0.2, 0) is 0 Å². The Balaban J connectivity index is 1.74. The Labute approximate surface area is 115 Å². The zero-order chi connectivity index (χ0) is 13.2. The average molecular weight is 261 g/mol. The second kappa shape index (κ2) is 5.27. The van der Waals surface area contributed by atoms with Crippen molar-refractivity contribution in [1.82, 2.24) is 4.98 Å². The lowest BCUT2D eigenvalue weighted by molar-refractivity contribution is 0.307. The predicted octanol–water partition coefficient (Wildman–Crippen LogP) is 2.69. The highest BCUT2D eigenvalue weighted by atomic mass is 16.5. The van der Waals surface area contributed by atoms with E-state index in [4.69, 9.17) is 10.5 Å². The Hall–Kier alpha value is -1.45. The van der Waals surface area contributed by atoms with Gasteiger partial charge in [0.15, 0.2) is 0 Å². The number of hydrogen-bond donors (Lipinski definition) is 1. The van der Waals surface area contributed by atoms with E-state index >= 15 is 0 Å². The van der Waals surface area contributed by atoms with Crippen LogP contribution in [0.1, 0.15) is 32.6 Å². The molecule has 104 valence electrons. The fourth-order valence-electron chi connectivity index (χ4n) is 3.35. The van der Waals surface area contributed by atoms with E-state index in [9.17, 15) is 0 Å². The van der Waals surface area contributed by atoms with Crippen molar-refractivity contribution in [3.8, 4) is 5.88 Å². The number of rotatable bonds is 4. The van der Waals surface area contributed by atoms with Gasteiger partial charge in [0.25, 0.3) is 0 Å². The van der Waals surface area contributed by atoms with Gasteiger partial charge in [-0.05, 0) is 43.2 Å². The van der Waals surface area contributed by atoms with Crippen molar-refractivity contribution < 1.29 is 4.74 Å². The third-order valence-corrected chi connectivity index (χ3v) is 4.37. The van der Waals surface area contributed by atoms with Gasteiger partial charge < -0.3 is 15.4 Å². The lowest BCUT2D eigenvalue weighted by atomic mass is 10.0. The fourth-order valence-corrected chi connectivity index (χ4v) is 3.35. The second-order valence-electron chi connectivity index (χ2n) is 5.77. The van der Waals surface area contributed by atoms with Crippen molar-refractivity contribution in [1.29, 1.82) is 0 Å². The summed E-state index contributed by atoms with van der Waals surface area (Å²) in [6.45, 7) is 5.05. The molecule has 2 atom stereocenters. The standard InChI is InChI=1S/C15H23N3O/c1-2-8-19-15-13(16)6-7-14(17-15)18-9-11-4-3-5-12(11)10-18/h6-7,11-12H,2-5,8-10,16H2,1H3. The van der Waals surface area contributed by atoms with Gasteiger partial charge in [0.2, 0.25) is 5.88 Å². The van der Waals surface area contributed by atoms with Crippen LogP contribution in [0.5, 0.6) is 5.88 Å². The first-order chi connectivity index (χ1) is 9.28. The molecule has 1 saturated carbocycles. The van der Waals surface area contributed by atoms with Gasteiger partial charge in [0.1, 0.15) is 5.82 Å². The maximum Gasteiger partial charge on any atom is 0.239 e. The molecule has 4 heteroatoms. The normalized spacial score (nSPS) is 25.6. The Kier molecular flexibility index (Phi) is 3.49. The molecule has 0 radical (unpaired) electrons. The average Bonchev–Trinajstić information content (AvgIpc) is 2.98. The molecular formula is C15H23N3O. The monoisotopic (exact) mass is 261 g/mol. The first-order valence-corrected chi connectivity index (χ1v) is 7.42. The van der Waals surface area contributed by atoms with Crippen molar-refractivity contribution >= 4 is 11.5 Å². The molecule has 1 aliphatic heterocycles. The molecule has 1 aromatic rings. The Morgan fingerprint density at radius 2 is 2.05 bits per heavy atom. The highest BCUT2D eigenvalue weighted by Crippen LogP contribution is 2.39. The van der Waals surface area contributed by atoms with Crippen molar-refractivity contribution in [3.05, 3.63) is 12.1 Å². The largest absolute Gasteiger partial charge is 0.476 e. The van der Waals surface area contributed by atoms with Crippen LogP contribution >= 0.6 is 0 Å². The summed E-state index contributed by atoms with van der Waals surface area (Å²) in [5, 5.41) is 0. The van der Waals surface area contributed by atoms with Crippen LogP contribution < -0.4 is 15.4 Å². The first kappa shape index (κ1) is 12.6. The molecule has 1 saturated heterocycles. The summed E-state index contributed by atoms with van der Waals surface area (Å²) in [4.78, 5) is 6.99. The van der Waals surface area contributed by atoms with Crippen molar-refractivity contribution in [2.75, 3.05) is 30.3 Å².